The Morgan fingerprint density at radius 2 is 1.28 bits per heavy atom. The molecule has 11 heteroatoms. The molecule has 1 saturated heterocycles. The zero-order chi connectivity index (χ0) is 31.8. The molecule has 1 aliphatic heterocycles. The van der Waals surface area contributed by atoms with Crippen molar-refractivity contribution in [2.75, 3.05) is 13.2 Å². The van der Waals surface area contributed by atoms with Crippen LogP contribution in [0.5, 0.6) is 0 Å². The molecule has 1 rings (SSSR count). The number of rotatable bonds is 27. The van der Waals surface area contributed by atoms with E-state index in [-0.39, 0.29) is 12.3 Å². The first-order valence-corrected chi connectivity index (χ1v) is 18.3. The second kappa shape index (κ2) is 25.2. The maximum atomic E-state index is 12.7. The number of carbonyl (C=O) groups excluding carboxylic acids is 1. The fourth-order valence-electron chi connectivity index (χ4n) is 5.21. The van der Waals surface area contributed by atoms with Crippen molar-refractivity contribution in [3.05, 3.63) is 12.2 Å². The second-order valence-corrected chi connectivity index (χ2v) is 12.9. The summed E-state index contributed by atoms with van der Waals surface area (Å²) in [5.41, 5.74) is 0. The molecule has 4 N–H and O–H groups in total. The molecule has 0 unspecified atom stereocenters. The number of carbonyl (C=O) groups is 1. The molecule has 0 spiro atoms. The first-order chi connectivity index (χ1) is 20.7. The highest BCUT2D eigenvalue weighted by molar-refractivity contribution is 7.80. The third-order valence-corrected chi connectivity index (χ3v) is 8.29. The van der Waals surface area contributed by atoms with Gasteiger partial charge in [-0.25, -0.2) is 4.18 Å². The Hall–Kier alpha value is -1.08. The van der Waals surface area contributed by atoms with E-state index in [1.807, 2.05) is 0 Å². The fourth-order valence-corrected chi connectivity index (χ4v) is 5.52. The normalized spacial score (nSPS) is 22.8. The van der Waals surface area contributed by atoms with E-state index in [9.17, 15) is 23.4 Å². The molecule has 5 atom stereocenters. The minimum atomic E-state index is -4.76. The molecule has 0 aliphatic carbocycles. The van der Waals surface area contributed by atoms with Gasteiger partial charge >= 0.3 is 10.4 Å². The Bertz CT molecular complexity index is 824. The van der Waals surface area contributed by atoms with E-state index in [0.717, 1.165) is 64.2 Å². The van der Waals surface area contributed by atoms with E-state index in [1.165, 1.54) is 51.4 Å². The van der Waals surface area contributed by atoms with Crippen LogP contribution in [0.1, 0.15) is 142 Å². The van der Waals surface area contributed by atoms with E-state index in [2.05, 4.69) is 35.5 Å². The Labute approximate surface area is 261 Å². The molecule has 0 aromatic heterocycles. The number of nitrogens with one attached hydrogen (secondary N) is 1. The fraction of sp³-hybridized carbons (Fsp3) is 0.906. The smallest absolute Gasteiger partial charge is 0.388 e. The lowest BCUT2D eigenvalue weighted by Crippen LogP contribution is -2.65. The van der Waals surface area contributed by atoms with Crippen LogP contribution in [0, 0.1) is 0 Å². The number of hydrogen-bond donors (Lipinski definition) is 4. The number of amides is 1. The van der Waals surface area contributed by atoms with Gasteiger partial charge in [0.1, 0.15) is 24.4 Å². The van der Waals surface area contributed by atoms with Crippen LogP contribution in [0.25, 0.3) is 0 Å². The standard InChI is InChI=1S/C32H61NO9S/c1-3-5-7-9-11-12-13-14-15-16-17-18-19-20-22-24-28(34)33-29-31(36)30(35)27(26-41-43(37,38)39)42-32(29)40-25-23-21-10-8-6-4-2/h14-15,27,29-32,35-36H,3-13,16-26H2,1-2H3,(H,33,34)(H,37,38,39)/b15-14-/t27-,29-,30-,31-,32+/m1/s1. The Morgan fingerprint density at radius 1 is 0.767 bits per heavy atom. The van der Waals surface area contributed by atoms with Crippen LogP contribution in [0.15, 0.2) is 12.2 Å². The monoisotopic (exact) mass is 635 g/mol. The van der Waals surface area contributed by atoms with Crippen molar-refractivity contribution >= 4 is 16.3 Å². The number of hydrogen-bond acceptors (Lipinski definition) is 8. The highest BCUT2D eigenvalue weighted by atomic mass is 32.3. The molecule has 1 heterocycles. The summed E-state index contributed by atoms with van der Waals surface area (Å²) in [6.45, 7) is 4.00. The maximum Gasteiger partial charge on any atom is 0.397 e. The minimum absolute atomic E-state index is 0.275. The van der Waals surface area contributed by atoms with Crippen molar-refractivity contribution in [1.29, 1.82) is 0 Å². The van der Waals surface area contributed by atoms with E-state index in [4.69, 9.17) is 14.0 Å². The van der Waals surface area contributed by atoms with Gasteiger partial charge in [-0.15, -0.1) is 0 Å². The number of ether oxygens (including phenoxy) is 2. The first-order valence-electron chi connectivity index (χ1n) is 16.9. The third kappa shape index (κ3) is 20.6. The largest absolute Gasteiger partial charge is 0.397 e. The number of allylic oxidation sites excluding steroid dienone is 2. The van der Waals surface area contributed by atoms with Gasteiger partial charge in [0.2, 0.25) is 5.91 Å². The van der Waals surface area contributed by atoms with Gasteiger partial charge in [-0.3, -0.25) is 9.35 Å². The van der Waals surface area contributed by atoms with Crippen LogP contribution in [-0.2, 0) is 28.9 Å². The second-order valence-electron chi connectivity index (χ2n) is 11.8. The van der Waals surface area contributed by atoms with Gasteiger partial charge in [0.15, 0.2) is 6.29 Å². The van der Waals surface area contributed by atoms with Gasteiger partial charge in [0, 0.05) is 13.0 Å². The van der Waals surface area contributed by atoms with Gasteiger partial charge in [-0.05, 0) is 38.5 Å². The topological polar surface area (TPSA) is 152 Å². The minimum Gasteiger partial charge on any atom is -0.388 e. The van der Waals surface area contributed by atoms with Crippen molar-refractivity contribution in [2.45, 2.75) is 173 Å². The van der Waals surface area contributed by atoms with Gasteiger partial charge in [-0.2, -0.15) is 8.42 Å². The van der Waals surface area contributed by atoms with E-state index in [1.54, 1.807) is 0 Å². The number of aliphatic hydroxyl groups is 2. The summed E-state index contributed by atoms with van der Waals surface area (Å²) in [5.74, 6) is -0.279. The van der Waals surface area contributed by atoms with Gasteiger partial charge < -0.3 is 25.0 Å². The lowest BCUT2D eigenvalue weighted by atomic mass is 9.96. The van der Waals surface area contributed by atoms with Crippen LogP contribution in [0.4, 0.5) is 0 Å². The van der Waals surface area contributed by atoms with Crippen molar-refractivity contribution in [1.82, 2.24) is 5.32 Å². The van der Waals surface area contributed by atoms with Crippen LogP contribution in [0.2, 0.25) is 0 Å². The average Bonchev–Trinajstić information content (AvgIpc) is 2.96. The molecule has 0 bridgehead atoms. The molecule has 1 amide bonds. The molecule has 1 fully saturated rings. The summed E-state index contributed by atoms with van der Waals surface area (Å²) in [5, 5.41) is 24.0. The summed E-state index contributed by atoms with van der Waals surface area (Å²) in [4.78, 5) is 12.7. The van der Waals surface area contributed by atoms with E-state index >= 15 is 0 Å². The predicted molar refractivity (Wildman–Crippen MR) is 169 cm³/mol. The molecule has 0 saturated carbocycles. The molecule has 254 valence electrons. The van der Waals surface area contributed by atoms with Crippen molar-refractivity contribution in [2.24, 2.45) is 0 Å². The first kappa shape index (κ1) is 39.9. The molecule has 0 aromatic carbocycles. The Kier molecular flexibility index (Phi) is 23.4. The Balaban J connectivity index is 2.38. The van der Waals surface area contributed by atoms with Crippen molar-refractivity contribution < 1.29 is 41.6 Å². The van der Waals surface area contributed by atoms with E-state index in [0.29, 0.717) is 13.0 Å². The van der Waals surface area contributed by atoms with Crippen LogP contribution in [-0.4, -0.2) is 72.9 Å². The average molecular weight is 636 g/mol. The molecule has 10 nitrogen and oxygen atoms in total. The molecular formula is C32H61NO9S. The summed E-state index contributed by atoms with van der Waals surface area (Å²) >= 11 is 0. The van der Waals surface area contributed by atoms with Gasteiger partial charge in [0.05, 0.1) is 6.61 Å². The van der Waals surface area contributed by atoms with Gasteiger partial charge in [0.25, 0.3) is 0 Å². The quantitative estimate of drug-likeness (QED) is 0.0473. The van der Waals surface area contributed by atoms with Crippen LogP contribution < -0.4 is 5.32 Å². The SMILES string of the molecule is CCCCCCCC/C=C\CCCCCCCC(=O)N[C@H]1[C@@H](OCCCCCCCC)O[C@H](COS(=O)(=O)O)[C@@H](O)[C@@H]1O. The summed E-state index contributed by atoms with van der Waals surface area (Å²) in [6, 6.07) is -1.03. The predicted octanol–water partition coefficient (Wildman–Crippen LogP) is 6.15. The lowest BCUT2D eigenvalue weighted by Gasteiger charge is -2.42. The summed E-state index contributed by atoms with van der Waals surface area (Å²) in [7, 11) is -4.76. The molecule has 1 aliphatic rings. The van der Waals surface area contributed by atoms with Crippen LogP contribution in [0.3, 0.4) is 0 Å². The highest BCUT2D eigenvalue weighted by Gasteiger charge is 2.46. The van der Waals surface area contributed by atoms with Gasteiger partial charge in [-0.1, -0.05) is 109 Å². The highest BCUT2D eigenvalue weighted by Crippen LogP contribution is 2.24. The van der Waals surface area contributed by atoms with E-state index < -0.39 is 47.6 Å². The van der Waals surface area contributed by atoms with Crippen molar-refractivity contribution in [3.63, 3.8) is 0 Å². The zero-order valence-electron chi connectivity index (χ0n) is 26.8. The summed E-state index contributed by atoms with van der Waals surface area (Å²) in [6.07, 6.45) is 20.9. The lowest BCUT2D eigenvalue weighted by molar-refractivity contribution is -0.269. The molecule has 43 heavy (non-hydrogen) atoms. The zero-order valence-corrected chi connectivity index (χ0v) is 27.6. The molecular weight excluding hydrogens is 574 g/mol. The summed E-state index contributed by atoms with van der Waals surface area (Å²) < 4.78 is 46.8. The van der Waals surface area contributed by atoms with Crippen LogP contribution >= 0.6 is 0 Å². The molecule has 0 radical (unpaired) electrons. The third-order valence-electron chi connectivity index (χ3n) is 7.86. The maximum absolute atomic E-state index is 12.7. The Morgan fingerprint density at radius 3 is 1.84 bits per heavy atom. The molecule has 0 aromatic rings. The van der Waals surface area contributed by atoms with Crippen molar-refractivity contribution in [3.8, 4) is 0 Å². The number of aliphatic hydroxyl groups excluding tert-OH is 2. The number of unbranched alkanes of at least 4 members (excludes halogenated alkanes) is 16.